The minimum absolute atomic E-state index is 0.671. The average Bonchev–Trinajstić information content (AvgIpc) is 2.12. The van der Waals surface area contributed by atoms with Crippen LogP contribution in [-0.4, -0.2) is 16.5 Å². The molecule has 1 aliphatic rings. The van der Waals surface area contributed by atoms with Crippen molar-refractivity contribution in [2.75, 3.05) is 0 Å². The van der Waals surface area contributed by atoms with E-state index in [4.69, 9.17) is 10.2 Å². The molecule has 0 radical (unpaired) electrons. The van der Waals surface area contributed by atoms with Gasteiger partial charge in [-0.25, -0.2) is 0 Å². The van der Waals surface area contributed by atoms with E-state index in [-0.39, 0.29) is 0 Å². The van der Waals surface area contributed by atoms with E-state index in [9.17, 15) is 0 Å². The van der Waals surface area contributed by atoms with Crippen molar-refractivity contribution in [2.45, 2.75) is 12.7 Å². The molecule has 1 rings (SSSR count). The van der Waals surface area contributed by atoms with Gasteiger partial charge in [0, 0.05) is 0 Å². The van der Waals surface area contributed by atoms with Gasteiger partial charge in [-0.3, -0.25) is 0 Å². The predicted octanol–water partition coefficient (Wildman–Crippen LogP) is 0.183. The molecule has 2 heteroatoms. The molecule has 0 bridgehead atoms. The van der Waals surface area contributed by atoms with Gasteiger partial charge in [-0.1, -0.05) is 18.2 Å². The third-order valence-corrected chi connectivity index (χ3v) is 1.13. The van der Waals surface area contributed by atoms with Gasteiger partial charge in [0.25, 0.3) is 0 Å². The van der Waals surface area contributed by atoms with Crippen LogP contribution in [0, 0.1) is 0 Å². The van der Waals surface area contributed by atoms with E-state index in [1.165, 1.54) is 0 Å². The highest BCUT2D eigenvalue weighted by Gasteiger charge is 2.05. The summed E-state index contributed by atoms with van der Waals surface area (Å²) in [5.74, 6) is 0. The summed E-state index contributed by atoms with van der Waals surface area (Å²) in [4.78, 5) is 0. The number of allylic oxidation sites excluding steroid dienone is 3. The van der Waals surface area contributed by atoms with Crippen molar-refractivity contribution in [3.63, 3.8) is 0 Å². The Balaban J connectivity index is 2.51. The van der Waals surface area contributed by atoms with Gasteiger partial charge in [-0.05, 0) is 12.0 Å². The molecule has 0 aromatic heterocycles. The van der Waals surface area contributed by atoms with Crippen LogP contribution >= 0.6 is 0 Å². The second-order valence-electron chi connectivity index (χ2n) is 1.75. The second-order valence-corrected chi connectivity index (χ2v) is 1.75. The fraction of sp³-hybridized carbons (Fsp3) is 0.333. The van der Waals surface area contributed by atoms with E-state index < -0.39 is 6.29 Å². The van der Waals surface area contributed by atoms with Gasteiger partial charge in [-0.2, -0.15) is 0 Å². The Kier molecular flexibility index (Phi) is 1.46. The van der Waals surface area contributed by atoms with Gasteiger partial charge in [0.05, 0.1) is 0 Å². The van der Waals surface area contributed by atoms with Crippen LogP contribution in [0.2, 0.25) is 0 Å². The molecule has 0 amide bonds. The average molecular weight is 112 g/mol. The van der Waals surface area contributed by atoms with Gasteiger partial charge >= 0.3 is 0 Å². The smallest absolute Gasteiger partial charge is 0.174 e. The first kappa shape index (κ1) is 5.54. The zero-order chi connectivity index (χ0) is 5.98. The molecule has 0 aliphatic heterocycles. The van der Waals surface area contributed by atoms with Crippen molar-refractivity contribution in [3.05, 3.63) is 23.8 Å². The summed E-state index contributed by atoms with van der Waals surface area (Å²) < 4.78 is 0. The summed E-state index contributed by atoms with van der Waals surface area (Å²) >= 11 is 0. The molecule has 2 N–H and O–H groups in total. The highest BCUT2D eigenvalue weighted by molar-refractivity contribution is 5.23. The first-order chi connectivity index (χ1) is 3.80. The van der Waals surface area contributed by atoms with E-state index in [2.05, 4.69) is 0 Å². The lowest BCUT2D eigenvalue weighted by Crippen LogP contribution is -2.05. The minimum Gasteiger partial charge on any atom is -0.365 e. The fourth-order valence-electron chi connectivity index (χ4n) is 0.655. The maximum absolute atomic E-state index is 8.50. The maximum Gasteiger partial charge on any atom is 0.174 e. The van der Waals surface area contributed by atoms with Crippen molar-refractivity contribution >= 4 is 0 Å². The molecular weight excluding hydrogens is 104 g/mol. The SMILES string of the molecule is OC(O)C1=CC=CC1. The number of aliphatic hydroxyl groups excluding tert-OH is 1. The molecule has 0 spiro atoms. The summed E-state index contributed by atoms with van der Waals surface area (Å²) in [6.45, 7) is 0. The van der Waals surface area contributed by atoms with Crippen LogP contribution in [0.5, 0.6) is 0 Å². The molecule has 0 fully saturated rings. The van der Waals surface area contributed by atoms with Crippen LogP contribution in [0.1, 0.15) is 6.42 Å². The molecule has 0 aromatic rings. The zero-order valence-electron chi connectivity index (χ0n) is 4.41. The molecule has 1 aliphatic carbocycles. The van der Waals surface area contributed by atoms with Crippen molar-refractivity contribution in [1.82, 2.24) is 0 Å². The van der Waals surface area contributed by atoms with Crippen molar-refractivity contribution in [2.24, 2.45) is 0 Å². The van der Waals surface area contributed by atoms with Gasteiger partial charge in [0.1, 0.15) is 0 Å². The summed E-state index contributed by atoms with van der Waals surface area (Å²) in [5, 5.41) is 17.0. The van der Waals surface area contributed by atoms with E-state index in [0.717, 1.165) is 0 Å². The Morgan fingerprint density at radius 1 is 1.50 bits per heavy atom. The van der Waals surface area contributed by atoms with Crippen LogP contribution in [0.3, 0.4) is 0 Å². The quantitative estimate of drug-likeness (QED) is 0.475. The zero-order valence-corrected chi connectivity index (χ0v) is 4.41. The lowest BCUT2D eigenvalue weighted by atomic mass is 10.2. The monoisotopic (exact) mass is 112 g/mol. The van der Waals surface area contributed by atoms with Crippen LogP contribution in [0.4, 0.5) is 0 Å². The molecule has 0 saturated carbocycles. The largest absolute Gasteiger partial charge is 0.365 e. The van der Waals surface area contributed by atoms with Crippen molar-refractivity contribution in [3.8, 4) is 0 Å². The molecule has 0 atom stereocenters. The Morgan fingerprint density at radius 3 is 2.50 bits per heavy atom. The molecule has 0 heterocycles. The van der Waals surface area contributed by atoms with Crippen LogP contribution in [0.25, 0.3) is 0 Å². The van der Waals surface area contributed by atoms with Crippen LogP contribution in [-0.2, 0) is 0 Å². The van der Waals surface area contributed by atoms with Gasteiger partial charge in [-0.15, -0.1) is 0 Å². The maximum atomic E-state index is 8.50. The van der Waals surface area contributed by atoms with E-state index >= 15 is 0 Å². The lowest BCUT2D eigenvalue weighted by molar-refractivity contribution is -0.00877. The Bertz CT molecular complexity index is 133. The summed E-state index contributed by atoms with van der Waals surface area (Å²) in [5.41, 5.74) is 0.671. The van der Waals surface area contributed by atoms with E-state index in [1.807, 2.05) is 12.2 Å². The molecule has 0 unspecified atom stereocenters. The Labute approximate surface area is 47.8 Å². The highest BCUT2D eigenvalue weighted by Crippen LogP contribution is 2.11. The molecule has 0 aromatic carbocycles. The summed E-state index contributed by atoms with van der Waals surface area (Å²) in [6.07, 6.45) is 4.83. The summed E-state index contributed by atoms with van der Waals surface area (Å²) in [7, 11) is 0. The Hall–Kier alpha value is -0.600. The van der Waals surface area contributed by atoms with Crippen molar-refractivity contribution in [1.29, 1.82) is 0 Å². The molecule has 44 valence electrons. The predicted molar refractivity (Wildman–Crippen MR) is 30.1 cm³/mol. The highest BCUT2D eigenvalue weighted by atomic mass is 16.5. The lowest BCUT2D eigenvalue weighted by Gasteiger charge is -2.00. The number of rotatable bonds is 1. The van der Waals surface area contributed by atoms with Gasteiger partial charge < -0.3 is 10.2 Å². The number of hydrogen-bond acceptors (Lipinski definition) is 2. The standard InChI is InChI=1S/C6H8O2/c7-6(8)5-3-1-2-4-5/h1-3,6-8H,4H2. The molecule has 8 heavy (non-hydrogen) atoms. The molecule has 2 nitrogen and oxygen atoms in total. The van der Waals surface area contributed by atoms with Gasteiger partial charge in [0.2, 0.25) is 0 Å². The first-order valence-corrected chi connectivity index (χ1v) is 2.52. The second kappa shape index (κ2) is 2.11. The summed E-state index contributed by atoms with van der Waals surface area (Å²) in [6, 6.07) is 0. The first-order valence-electron chi connectivity index (χ1n) is 2.52. The third kappa shape index (κ3) is 0.967. The Morgan fingerprint density at radius 2 is 2.25 bits per heavy atom. The third-order valence-electron chi connectivity index (χ3n) is 1.13. The normalized spacial score (nSPS) is 17.6. The minimum atomic E-state index is -1.26. The number of hydrogen-bond donors (Lipinski definition) is 2. The molecule has 0 saturated heterocycles. The fourth-order valence-corrected chi connectivity index (χ4v) is 0.655. The van der Waals surface area contributed by atoms with E-state index in [1.54, 1.807) is 6.08 Å². The van der Waals surface area contributed by atoms with Crippen LogP contribution < -0.4 is 0 Å². The number of aliphatic hydroxyl groups is 2. The van der Waals surface area contributed by atoms with E-state index in [0.29, 0.717) is 12.0 Å². The van der Waals surface area contributed by atoms with Crippen molar-refractivity contribution < 1.29 is 10.2 Å². The molecular formula is C6H8O2. The van der Waals surface area contributed by atoms with Crippen LogP contribution in [0.15, 0.2) is 23.8 Å². The van der Waals surface area contributed by atoms with Gasteiger partial charge in [0.15, 0.2) is 6.29 Å². The topological polar surface area (TPSA) is 40.5 Å².